The number of aryl methyl sites for hydroxylation is 1. The second-order valence-electron chi connectivity index (χ2n) is 7.11. The van der Waals surface area contributed by atoms with Crippen LogP contribution in [0.1, 0.15) is 11.1 Å². The molecule has 7 nitrogen and oxygen atoms in total. The van der Waals surface area contributed by atoms with Crippen LogP contribution in [0.5, 0.6) is 5.75 Å². The lowest BCUT2D eigenvalue weighted by molar-refractivity contribution is 0.415. The average molecular weight is 447 g/mol. The topological polar surface area (TPSA) is 85.6 Å². The van der Waals surface area contributed by atoms with Gasteiger partial charge in [-0.1, -0.05) is 35.9 Å². The van der Waals surface area contributed by atoms with Crippen molar-refractivity contribution in [2.75, 3.05) is 7.11 Å². The Labute approximate surface area is 187 Å². The average Bonchev–Trinajstić information content (AvgIpc) is 3.24. The minimum Gasteiger partial charge on any atom is -0.497 e. The molecule has 0 saturated carbocycles. The van der Waals surface area contributed by atoms with Crippen molar-refractivity contribution in [1.82, 2.24) is 14.6 Å². The number of hydrazone groups is 1. The number of hydrogen-bond donors (Lipinski definition) is 1. The summed E-state index contributed by atoms with van der Waals surface area (Å²) >= 11 is 0. The number of aromatic nitrogens is 2. The first-order valence-electron chi connectivity index (χ1n) is 9.87. The zero-order valence-corrected chi connectivity index (χ0v) is 18.5. The van der Waals surface area contributed by atoms with Gasteiger partial charge in [0, 0.05) is 17.3 Å². The molecular formula is C24H22N4O3S. The highest BCUT2D eigenvalue weighted by Crippen LogP contribution is 2.25. The summed E-state index contributed by atoms with van der Waals surface area (Å²) in [6.07, 6.45) is 3.26. The fourth-order valence-electron chi connectivity index (χ4n) is 3.10. The number of nitrogens with one attached hydrogen (secondary N) is 1. The smallest absolute Gasteiger partial charge is 0.276 e. The lowest BCUT2D eigenvalue weighted by atomic mass is 10.1. The lowest BCUT2D eigenvalue weighted by Crippen LogP contribution is -2.18. The Hall–Kier alpha value is -3.91. The van der Waals surface area contributed by atoms with Crippen molar-refractivity contribution in [3.63, 3.8) is 0 Å². The molecule has 0 aliphatic heterocycles. The van der Waals surface area contributed by atoms with E-state index in [2.05, 4.69) is 9.93 Å². The molecule has 162 valence electrons. The highest BCUT2D eigenvalue weighted by molar-refractivity contribution is 7.89. The van der Waals surface area contributed by atoms with E-state index in [-0.39, 0.29) is 4.90 Å². The molecule has 0 radical (unpaired) electrons. The Morgan fingerprint density at radius 1 is 0.969 bits per heavy atom. The highest BCUT2D eigenvalue weighted by atomic mass is 32.2. The molecule has 0 unspecified atom stereocenters. The van der Waals surface area contributed by atoms with Gasteiger partial charge in [0.2, 0.25) is 0 Å². The maximum Gasteiger partial charge on any atom is 0.276 e. The van der Waals surface area contributed by atoms with Crippen molar-refractivity contribution in [2.45, 2.75) is 11.8 Å². The van der Waals surface area contributed by atoms with Gasteiger partial charge in [-0.15, -0.1) is 0 Å². The van der Waals surface area contributed by atoms with Gasteiger partial charge in [0.1, 0.15) is 11.4 Å². The van der Waals surface area contributed by atoms with E-state index in [1.165, 1.54) is 6.21 Å². The van der Waals surface area contributed by atoms with Crippen molar-refractivity contribution in [3.8, 4) is 22.7 Å². The van der Waals surface area contributed by atoms with E-state index < -0.39 is 10.0 Å². The van der Waals surface area contributed by atoms with Gasteiger partial charge in [0.05, 0.1) is 23.9 Å². The van der Waals surface area contributed by atoms with Crippen LogP contribution >= 0.6 is 0 Å². The van der Waals surface area contributed by atoms with Crippen LogP contribution in [0.2, 0.25) is 0 Å². The van der Waals surface area contributed by atoms with Crippen molar-refractivity contribution in [2.24, 2.45) is 5.10 Å². The Balaban J connectivity index is 1.67. The van der Waals surface area contributed by atoms with Gasteiger partial charge in [0.15, 0.2) is 0 Å². The zero-order chi connectivity index (χ0) is 22.6. The van der Waals surface area contributed by atoms with Crippen LogP contribution in [0, 0.1) is 6.92 Å². The summed E-state index contributed by atoms with van der Waals surface area (Å²) in [5, 5.41) is 8.69. The molecule has 1 N–H and O–H groups in total. The molecule has 0 fully saturated rings. The van der Waals surface area contributed by atoms with Crippen LogP contribution < -0.4 is 9.57 Å². The maximum absolute atomic E-state index is 12.5. The molecule has 0 saturated heterocycles. The number of methoxy groups -OCH3 is 1. The first kappa shape index (κ1) is 21.3. The number of hydrogen-bond acceptors (Lipinski definition) is 5. The van der Waals surface area contributed by atoms with Crippen LogP contribution in [-0.2, 0) is 10.0 Å². The van der Waals surface area contributed by atoms with Crippen LogP contribution in [0.25, 0.3) is 16.9 Å². The molecule has 0 amide bonds. The van der Waals surface area contributed by atoms with Gasteiger partial charge < -0.3 is 4.74 Å². The molecule has 4 aromatic rings. The monoisotopic (exact) mass is 446 g/mol. The minimum atomic E-state index is -3.77. The number of benzene rings is 3. The third-order valence-electron chi connectivity index (χ3n) is 4.83. The summed E-state index contributed by atoms with van der Waals surface area (Å²) in [5.41, 5.74) is 4.02. The van der Waals surface area contributed by atoms with Gasteiger partial charge in [-0.05, 0) is 55.5 Å². The molecular weight excluding hydrogens is 424 g/mol. The first-order valence-corrected chi connectivity index (χ1v) is 11.4. The molecule has 1 heterocycles. The van der Waals surface area contributed by atoms with Crippen LogP contribution in [-0.4, -0.2) is 31.5 Å². The van der Waals surface area contributed by atoms with Gasteiger partial charge in [0.25, 0.3) is 10.0 Å². The fraction of sp³-hybridized carbons (Fsp3) is 0.0833. The van der Waals surface area contributed by atoms with Crippen molar-refractivity contribution < 1.29 is 13.2 Å². The van der Waals surface area contributed by atoms with Crippen LogP contribution in [0.4, 0.5) is 0 Å². The Bertz CT molecular complexity index is 1330. The summed E-state index contributed by atoms with van der Waals surface area (Å²) < 4.78 is 32.0. The number of ether oxygens (including phenoxy) is 1. The molecule has 8 heteroatoms. The molecule has 3 aromatic carbocycles. The van der Waals surface area contributed by atoms with E-state index in [9.17, 15) is 8.42 Å². The lowest BCUT2D eigenvalue weighted by Gasteiger charge is -2.04. The van der Waals surface area contributed by atoms with Gasteiger partial charge in [-0.25, -0.2) is 9.51 Å². The first-order chi connectivity index (χ1) is 15.5. The third-order valence-corrected chi connectivity index (χ3v) is 6.07. The van der Waals surface area contributed by atoms with Gasteiger partial charge in [-0.2, -0.15) is 18.6 Å². The van der Waals surface area contributed by atoms with E-state index in [4.69, 9.17) is 9.84 Å². The van der Waals surface area contributed by atoms with Crippen LogP contribution in [0.15, 0.2) is 95.1 Å². The molecule has 4 rings (SSSR count). The molecule has 0 bridgehead atoms. The van der Waals surface area contributed by atoms with E-state index in [0.717, 1.165) is 22.6 Å². The number of nitrogens with zero attached hydrogens (tertiary/aromatic N) is 3. The Kier molecular flexibility index (Phi) is 6.04. The quantitative estimate of drug-likeness (QED) is 0.341. The minimum absolute atomic E-state index is 0.149. The predicted octanol–water partition coefficient (Wildman–Crippen LogP) is 4.17. The molecule has 0 aliphatic carbocycles. The standard InChI is InChI=1S/C24H22N4O3S/c1-18-8-14-23(15-9-18)32(29,30)27-25-16-20-17-28(21-6-4-3-5-7-21)26-24(20)19-10-12-22(31-2)13-11-19/h3-17,27H,1-2H3/b25-16+. The van der Waals surface area contributed by atoms with Gasteiger partial charge in [-0.3, -0.25) is 0 Å². The van der Waals surface area contributed by atoms with Crippen molar-refractivity contribution >= 4 is 16.2 Å². The highest BCUT2D eigenvalue weighted by Gasteiger charge is 2.14. The molecule has 0 spiro atoms. The SMILES string of the molecule is COc1ccc(-c2nn(-c3ccccc3)cc2/C=N/NS(=O)(=O)c2ccc(C)cc2)cc1. The maximum atomic E-state index is 12.5. The number of rotatable bonds is 7. The summed E-state index contributed by atoms with van der Waals surface area (Å²) in [6, 6.07) is 23.7. The Morgan fingerprint density at radius 3 is 2.31 bits per heavy atom. The zero-order valence-electron chi connectivity index (χ0n) is 17.6. The normalized spacial score (nSPS) is 11.6. The molecule has 0 aliphatic rings. The van der Waals surface area contributed by atoms with E-state index >= 15 is 0 Å². The van der Waals surface area contributed by atoms with E-state index in [1.54, 1.807) is 42.3 Å². The summed E-state index contributed by atoms with van der Waals surface area (Å²) in [5.74, 6) is 0.734. The molecule has 1 aromatic heterocycles. The fourth-order valence-corrected chi connectivity index (χ4v) is 3.89. The van der Waals surface area contributed by atoms with Crippen molar-refractivity contribution in [1.29, 1.82) is 0 Å². The second kappa shape index (κ2) is 9.07. The second-order valence-corrected chi connectivity index (χ2v) is 8.77. The van der Waals surface area contributed by atoms with Gasteiger partial charge >= 0.3 is 0 Å². The predicted molar refractivity (Wildman–Crippen MR) is 125 cm³/mol. The van der Waals surface area contributed by atoms with E-state index in [0.29, 0.717) is 11.3 Å². The summed E-state index contributed by atoms with van der Waals surface area (Å²) in [6.45, 7) is 1.90. The summed E-state index contributed by atoms with van der Waals surface area (Å²) in [4.78, 5) is 2.42. The third kappa shape index (κ3) is 4.70. The summed E-state index contributed by atoms with van der Waals surface area (Å²) in [7, 11) is -2.16. The molecule has 32 heavy (non-hydrogen) atoms. The molecule has 0 atom stereocenters. The number of sulfonamides is 1. The van der Waals surface area contributed by atoms with Crippen molar-refractivity contribution in [3.05, 3.63) is 96.2 Å². The van der Waals surface area contributed by atoms with E-state index in [1.807, 2.05) is 61.5 Å². The Morgan fingerprint density at radius 2 is 1.66 bits per heavy atom. The number of para-hydroxylation sites is 1. The van der Waals surface area contributed by atoms with Crippen LogP contribution in [0.3, 0.4) is 0 Å². The largest absolute Gasteiger partial charge is 0.497 e.